The van der Waals surface area contributed by atoms with E-state index in [0.717, 1.165) is 6.54 Å². The minimum absolute atomic E-state index is 0.298. The van der Waals surface area contributed by atoms with Crippen molar-refractivity contribution < 1.29 is 0 Å². The third-order valence-corrected chi connectivity index (χ3v) is 4.93. The van der Waals surface area contributed by atoms with Gasteiger partial charge in [-0.3, -0.25) is 4.90 Å². The monoisotopic (exact) mass is 244 g/mol. The zero-order valence-corrected chi connectivity index (χ0v) is 12.0. The van der Waals surface area contributed by atoms with Gasteiger partial charge in [-0.2, -0.15) is 11.8 Å². The Hall–Kier alpha value is 0.270. The zero-order valence-electron chi connectivity index (χ0n) is 11.2. The van der Waals surface area contributed by atoms with E-state index in [9.17, 15) is 0 Å². The predicted molar refractivity (Wildman–Crippen MR) is 75.1 cm³/mol. The SMILES string of the molecule is CCCCCN(C(C)C)C1(CN)CCSC1. The first kappa shape index (κ1) is 14.3. The fourth-order valence-corrected chi connectivity index (χ4v) is 4.15. The van der Waals surface area contributed by atoms with Gasteiger partial charge in [0, 0.05) is 23.9 Å². The molecule has 16 heavy (non-hydrogen) atoms. The minimum Gasteiger partial charge on any atom is -0.329 e. The van der Waals surface area contributed by atoms with Gasteiger partial charge in [0.1, 0.15) is 0 Å². The summed E-state index contributed by atoms with van der Waals surface area (Å²) < 4.78 is 0. The first-order valence-corrected chi connectivity index (χ1v) is 7.86. The largest absolute Gasteiger partial charge is 0.329 e. The molecule has 1 aliphatic rings. The summed E-state index contributed by atoms with van der Waals surface area (Å²) in [5.41, 5.74) is 6.35. The van der Waals surface area contributed by atoms with Gasteiger partial charge < -0.3 is 5.73 Å². The van der Waals surface area contributed by atoms with Gasteiger partial charge in [-0.1, -0.05) is 19.8 Å². The Bertz CT molecular complexity index is 188. The molecule has 0 aliphatic carbocycles. The van der Waals surface area contributed by atoms with Crippen LogP contribution >= 0.6 is 11.8 Å². The van der Waals surface area contributed by atoms with Gasteiger partial charge in [0.15, 0.2) is 0 Å². The summed E-state index contributed by atoms with van der Waals surface area (Å²) in [6.07, 6.45) is 5.24. The van der Waals surface area contributed by atoms with Crippen molar-refractivity contribution in [2.75, 3.05) is 24.6 Å². The van der Waals surface area contributed by atoms with E-state index in [2.05, 4.69) is 37.4 Å². The van der Waals surface area contributed by atoms with E-state index in [1.807, 2.05) is 0 Å². The molecular weight excluding hydrogens is 216 g/mol. The molecule has 1 unspecified atom stereocenters. The molecule has 2 N–H and O–H groups in total. The molecular formula is C13H28N2S. The van der Waals surface area contributed by atoms with Gasteiger partial charge in [-0.25, -0.2) is 0 Å². The quantitative estimate of drug-likeness (QED) is 0.698. The first-order valence-electron chi connectivity index (χ1n) is 6.71. The van der Waals surface area contributed by atoms with Crippen molar-refractivity contribution in [3.05, 3.63) is 0 Å². The van der Waals surface area contributed by atoms with Crippen LogP contribution in [-0.2, 0) is 0 Å². The summed E-state index contributed by atoms with van der Waals surface area (Å²) in [5, 5.41) is 0. The van der Waals surface area contributed by atoms with E-state index in [0.29, 0.717) is 11.6 Å². The van der Waals surface area contributed by atoms with Gasteiger partial charge in [0.05, 0.1) is 0 Å². The summed E-state index contributed by atoms with van der Waals surface area (Å²) in [7, 11) is 0. The van der Waals surface area contributed by atoms with Gasteiger partial charge in [0.25, 0.3) is 0 Å². The van der Waals surface area contributed by atoms with Crippen molar-refractivity contribution in [1.82, 2.24) is 4.90 Å². The van der Waals surface area contributed by atoms with Crippen LogP contribution in [0.2, 0.25) is 0 Å². The van der Waals surface area contributed by atoms with Crippen molar-refractivity contribution in [2.24, 2.45) is 5.73 Å². The number of thioether (sulfide) groups is 1. The summed E-state index contributed by atoms with van der Waals surface area (Å²) >= 11 is 2.07. The van der Waals surface area contributed by atoms with E-state index in [1.165, 1.54) is 43.7 Å². The molecule has 0 bridgehead atoms. The van der Waals surface area contributed by atoms with Crippen LogP contribution in [0.25, 0.3) is 0 Å². The Labute approximate surface area is 105 Å². The molecule has 0 aromatic heterocycles. The average Bonchev–Trinajstić information content (AvgIpc) is 2.73. The van der Waals surface area contributed by atoms with E-state index in [1.54, 1.807) is 0 Å². The molecule has 0 radical (unpaired) electrons. The molecule has 1 rings (SSSR count). The van der Waals surface area contributed by atoms with Crippen molar-refractivity contribution in [2.45, 2.75) is 58.0 Å². The maximum absolute atomic E-state index is 6.06. The highest BCUT2D eigenvalue weighted by Crippen LogP contribution is 2.34. The van der Waals surface area contributed by atoms with Crippen LogP contribution in [0.1, 0.15) is 46.5 Å². The fourth-order valence-electron chi connectivity index (χ4n) is 2.68. The van der Waals surface area contributed by atoms with Gasteiger partial charge in [-0.15, -0.1) is 0 Å². The minimum atomic E-state index is 0.298. The summed E-state index contributed by atoms with van der Waals surface area (Å²) in [6.45, 7) is 8.94. The molecule has 0 aromatic carbocycles. The molecule has 0 aromatic rings. The standard InChI is InChI=1S/C13H28N2S/c1-4-5-6-8-15(12(2)3)13(10-14)7-9-16-11-13/h12H,4-11,14H2,1-3H3. The number of hydrogen-bond acceptors (Lipinski definition) is 3. The lowest BCUT2D eigenvalue weighted by atomic mass is 9.94. The van der Waals surface area contributed by atoms with Crippen LogP contribution in [0.5, 0.6) is 0 Å². The lowest BCUT2D eigenvalue weighted by molar-refractivity contribution is 0.0794. The smallest absolute Gasteiger partial charge is 0.0432 e. The molecule has 0 saturated carbocycles. The van der Waals surface area contributed by atoms with Crippen molar-refractivity contribution >= 4 is 11.8 Å². The van der Waals surface area contributed by atoms with Crippen molar-refractivity contribution in [3.8, 4) is 0 Å². The first-order chi connectivity index (χ1) is 7.66. The van der Waals surface area contributed by atoms with E-state index >= 15 is 0 Å². The molecule has 0 amide bonds. The number of rotatable bonds is 7. The van der Waals surface area contributed by atoms with Crippen molar-refractivity contribution in [3.63, 3.8) is 0 Å². The summed E-state index contributed by atoms with van der Waals surface area (Å²) in [4.78, 5) is 2.67. The molecule has 3 heteroatoms. The van der Waals surface area contributed by atoms with Crippen LogP contribution in [0.4, 0.5) is 0 Å². The highest BCUT2D eigenvalue weighted by molar-refractivity contribution is 7.99. The number of nitrogens with zero attached hydrogens (tertiary/aromatic N) is 1. The molecule has 1 heterocycles. The van der Waals surface area contributed by atoms with Crippen LogP contribution in [0, 0.1) is 0 Å². The van der Waals surface area contributed by atoms with E-state index in [4.69, 9.17) is 5.73 Å². The maximum Gasteiger partial charge on any atom is 0.0432 e. The number of hydrogen-bond donors (Lipinski definition) is 1. The predicted octanol–water partition coefficient (Wildman–Crippen LogP) is 2.72. The third kappa shape index (κ3) is 3.38. The van der Waals surface area contributed by atoms with Crippen molar-refractivity contribution in [1.29, 1.82) is 0 Å². The summed E-state index contributed by atoms with van der Waals surface area (Å²) in [5.74, 6) is 2.52. The lowest BCUT2D eigenvalue weighted by Gasteiger charge is -2.43. The second-order valence-corrected chi connectivity index (χ2v) is 6.33. The van der Waals surface area contributed by atoms with Crippen LogP contribution in [0.15, 0.2) is 0 Å². The molecule has 1 fully saturated rings. The fraction of sp³-hybridized carbons (Fsp3) is 1.00. The highest BCUT2D eigenvalue weighted by Gasteiger charge is 2.39. The van der Waals surface area contributed by atoms with Crippen LogP contribution < -0.4 is 5.73 Å². The second-order valence-electron chi connectivity index (χ2n) is 5.23. The Balaban J connectivity index is 2.59. The number of nitrogens with two attached hydrogens (primary N) is 1. The molecule has 1 aliphatic heterocycles. The Kier molecular flexibility index (Phi) is 6.16. The van der Waals surface area contributed by atoms with Gasteiger partial charge in [-0.05, 0) is 39.0 Å². The molecule has 0 spiro atoms. The zero-order chi connectivity index (χ0) is 12.0. The van der Waals surface area contributed by atoms with Crippen LogP contribution in [0.3, 0.4) is 0 Å². The Morgan fingerprint density at radius 2 is 2.12 bits per heavy atom. The van der Waals surface area contributed by atoms with Gasteiger partial charge >= 0.3 is 0 Å². The maximum atomic E-state index is 6.06. The average molecular weight is 244 g/mol. The second kappa shape index (κ2) is 6.87. The van der Waals surface area contributed by atoms with E-state index in [-0.39, 0.29) is 0 Å². The van der Waals surface area contributed by atoms with Crippen LogP contribution in [-0.4, -0.2) is 41.1 Å². The normalized spacial score (nSPS) is 25.9. The van der Waals surface area contributed by atoms with E-state index < -0.39 is 0 Å². The van der Waals surface area contributed by atoms with Gasteiger partial charge in [0.2, 0.25) is 0 Å². The lowest BCUT2D eigenvalue weighted by Crippen LogP contribution is -2.57. The molecule has 96 valence electrons. The summed E-state index contributed by atoms with van der Waals surface area (Å²) in [6, 6.07) is 0.624. The topological polar surface area (TPSA) is 29.3 Å². The Morgan fingerprint density at radius 1 is 1.38 bits per heavy atom. The number of unbranched alkanes of at least 4 members (excludes halogenated alkanes) is 2. The molecule has 1 saturated heterocycles. The molecule has 2 nitrogen and oxygen atoms in total. The Morgan fingerprint density at radius 3 is 2.56 bits per heavy atom. The third-order valence-electron chi connectivity index (χ3n) is 3.70. The molecule has 1 atom stereocenters. The highest BCUT2D eigenvalue weighted by atomic mass is 32.2.